The highest BCUT2D eigenvalue weighted by Crippen LogP contribution is 2.28. The Morgan fingerprint density at radius 1 is 0.811 bits per heavy atom. The smallest absolute Gasteiger partial charge is 0.356 e. The minimum absolute atomic E-state index is 0.0340. The van der Waals surface area contributed by atoms with Crippen LogP contribution in [0.2, 0.25) is 0 Å². The van der Waals surface area contributed by atoms with Crippen molar-refractivity contribution in [2.45, 2.75) is 13.8 Å². The zero-order valence-electron chi connectivity index (χ0n) is 28.0. The third-order valence-corrected chi connectivity index (χ3v) is 8.70. The Labute approximate surface area is 308 Å². The number of aryl methyl sites for hydroxylation is 1. The number of H-pyrrole nitrogens is 1. The van der Waals surface area contributed by atoms with Crippen molar-refractivity contribution in [3.63, 3.8) is 0 Å². The number of benzene rings is 2. The lowest BCUT2D eigenvalue weighted by atomic mass is 10.1. The van der Waals surface area contributed by atoms with Crippen LogP contribution in [0.3, 0.4) is 0 Å². The van der Waals surface area contributed by atoms with Crippen molar-refractivity contribution >= 4 is 90.0 Å². The van der Waals surface area contributed by atoms with E-state index in [1.54, 1.807) is 18.4 Å². The Kier molecular flexibility index (Phi) is 12.9. The van der Waals surface area contributed by atoms with E-state index < -0.39 is 29.6 Å². The molecule has 0 aliphatic carbocycles. The minimum Gasteiger partial charge on any atom is -0.461 e. The van der Waals surface area contributed by atoms with Crippen LogP contribution in [0.4, 0.5) is 5.69 Å². The number of carbonyl (C=O) groups is 5. The van der Waals surface area contributed by atoms with Gasteiger partial charge in [0.2, 0.25) is 5.69 Å². The van der Waals surface area contributed by atoms with Gasteiger partial charge in [0, 0.05) is 33.6 Å². The SMILES string of the molecule is CCOC(=O)c1cc2c([nH]c3ccccc32)c(C(N)=O)n1.Cc1csc(C(N)=O)n1.NC(=O)c1nc2ccccc2s1.[C-]#[N+]c1ccc(C(N)=O)nc1. The van der Waals surface area contributed by atoms with Gasteiger partial charge in [0.05, 0.1) is 28.9 Å². The van der Waals surface area contributed by atoms with Crippen LogP contribution in [-0.4, -0.2) is 61.1 Å². The molecule has 9 N–H and O–H groups in total. The second-order valence-corrected chi connectivity index (χ2v) is 12.3. The van der Waals surface area contributed by atoms with Gasteiger partial charge in [0.25, 0.3) is 23.6 Å². The molecule has 53 heavy (non-hydrogen) atoms. The van der Waals surface area contributed by atoms with Crippen LogP contribution in [-0.2, 0) is 4.74 Å². The van der Waals surface area contributed by atoms with Crippen molar-refractivity contribution in [3.8, 4) is 0 Å². The standard InChI is InChI=1S/C15H13N3O3.C8H6N2OS.C7H5N3O.C5H6N2OS/c1-2-21-15(20)11-7-9-8-5-3-4-6-10(8)17-12(9)13(18-11)14(16)19;9-7(11)8-10-5-3-1-2-4-6(5)12-8;1-9-5-2-3-6(7(8)11)10-4-5;1-3-2-9-5(7-3)4(6)8/h3-7,17H,2H2,1H3,(H2,16,19);1-4H,(H2,9,11);2-4H,(H2,8,11);2H,1H3,(H2,6,8). The maximum absolute atomic E-state index is 11.9. The summed E-state index contributed by atoms with van der Waals surface area (Å²) >= 11 is 2.59. The number of para-hydroxylation sites is 2. The third-order valence-electron chi connectivity index (χ3n) is 6.68. The van der Waals surface area contributed by atoms with Gasteiger partial charge in [0.1, 0.15) is 11.4 Å². The summed E-state index contributed by atoms with van der Waals surface area (Å²) in [6, 6.07) is 19.6. The number of thiazole rings is 2. The fourth-order valence-corrected chi connectivity index (χ4v) is 5.84. The van der Waals surface area contributed by atoms with Crippen LogP contribution in [0.1, 0.15) is 63.7 Å². The van der Waals surface area contributed by atoms with Crippen LogP contribution in [0, 0.1) is 13.5 Å². The number of nitrogens with two attached hydrogens (primary N) is 4. The number of ether oxygens (including phenoxy) is 1. The van der Waals surface area contributed by atoms with Crippen LogP contribution >= 0.6 is 22.7 Å². The maximum Gasteiger partial charge on any atom is 0.356 e. The molecule has 0 saturated carbocycles. The Morgan fingerprint density at radius 2 is 1.51 bits per heavy atom. The van der Waals surface area contributed by atoms with Crippen molar-refractivity contribution in [2.24, 2.45) is 22.9 Å². The monoisotopic (exact) mass is 750 g/mol. The zero-order chi connectivity index (χ0) is 38.7. The largest absolute Gasteiger partial charge is 0.461 e. The maximum atomic E-state index is 11.9. The minimum atomic E-state index is -0.697. The van der Waals surface area contributed by atoms with E-state index in [-0.39, 0.29) is 23.7 Å². The number of rotatable bonds is 6. The first-order valence-electron chi connectivity index (χ1n) is 15.2. The number of nitrogens with zero attached hydrogens (tertiary/aromatic N) is 5. The van der Waals surface area contributed by atoms with E-state index in [2.05, 4.69) is 29.8 Å². The van der Waals surface area contributed by atoms with E-state index in [1.165, 1.54) is 41.0 Å². The molecule has 0 aliphatic heterocycles. The molecule has 4 amide bonds. The summed E-state index contributed by atoms with van der Waals surface area (Å²) in [6.07, 6.45) is 1.31. The van der Waals surface area contributed by atoms with Crippen LogP contribution in [0.15, 0.2) is 78.3 Å². The normalized spacial score (nSPS) is 10.1. The van der Waals surface area contributed by atoms with Gasteiger partial charge in [-0.15, -0.1) is 22.7 Å². The predicted octanol–water partition coefficient (Wildman–Crippen LogP) is 4.67. The molecular formula is C35H30N10O6S2. The van der Waals surface area contributed by atoms with Gasteiger partial charge in [-0.1, -0.05) is 36.4 Å². The lowest BCUT2D eigenvalue weighted by Crippen LogP contribution is -2.17. The number of primary amides is 4. The van der Waals surface area contributed by atoms with Crippen molar-refractivity contribution in [3.05, 3.63) is 123 Å². The summed E-state index contributed by atoms with van der Waals surface area (Å²) in [6.45, 7) is 10.4. The first kappa shape index (κ1) is 38.7. The number of amides is 4. The van der Waals surface area contributed by atoms with E-state index in [9.17, 15) is 24.0 Å². The summed E-state index contributed by atoms with van der Waals surface area (Å²) in [5.41, 5.74) is 24.0. The zero-order valence-corrected chi connectivity index (χ0v) is 29.7. The molecule has 0 aliphatic rings. The highest BCUT2D eigenvalue weighted by Gasteiger charge is 2.19. The highest BCUT2D eigenvalue weighted by molar-refractivity contribution is 7.20. The number of pyridine rings is 2. The quantitative estimate of drug-likeness (QED) is 0.116. The lowest BCUT2D eigenvalue weighted by Gasteiger charge is -2.04. The molecule has 5 aromatic heterocycles. The summed E-state index contributed by atoms with van der Waals surface area (Å²) in [7, 11) is 0. The van der Waals surface area contributed by atoms with E-state index in [4.69, 9.17) is 34.2 Å². The fraction of sp³-hybridized carbons (Fsp3) is 0.0857. The molecule has 0 spiro atoms. The van der Waals surface area contributed by atoms with Gasteiger partial charge in [-0.2, -0.15) is 0 Å². The predicted molar refractivity (Wildman–Crippen MR) is 201 cm³/mol. The summed E-state index contributed by atoms with van der Waals surface area (Å²) in [5, 5.41) is 4.16. The molecule has 268 valence electrons. The molecule has 0 radical (unpaired) electrons. The fourth-order valence-electron chi connectivity index (χ4n) is 4.38. The van der Waals surface area contributed by atoms with E-state index in [1.807, 2.05) is 55.5 Å². The van der Waals surface area contributed by atoms with Crippen molar-refractivity contribution in [1.82, 2.24) is 24.9 Å². The van der Waals surface area contributed by atoms with Gasteiger partial charge < -0.3 is 32.7 Å². The number of hydrogen-bond acceptors (Lipinski definition) is 12. The summed E-state index contributed by atoms with van der Waals surface area (Å²) in [4.78, 5) is 76.9. The van der Waals surface area contributed by atoms with Gasteiger partial charge in [-0.25, -0.2) is 24.6 Å². The molecule has 0 bridgehead atoms. The highest BCUT2D eigenvalue weighted by atomic mass is 32.1. The van der Waals surface area contributed by atoms with Gasteiger partial charge >= 0.3 is 5.97 Å². The van der Waals surface area contributed by atoms with Crippen molar-refractivity contribution in [2.75, 3.05) is 6.61 Å². The lowest BCUT2D eigenvalue weighted by molar-refractivity contribution is 0.0519. The average Bonchev–Trinajstić information content (AvgIpc) is 3.89. The number of nitrogens with one attached hydrogen (secondary N) is 1. The molecule has 2 aromatic carbocycles. The Balaban J connectivity index is 0.000000168. The molecule has 7 rings (SSSR count). The van der Waals surface area contributed by atoms with E-state index in [0.29, 0.717) is 21.2 Å². The molecular weight excluding hydrogens is 721 g/mol. The number of aromatic nitrogens is 5. The van der Waals surface area contributed by atoms with Gasteiger partial charge in [-0.05, 0) is 44.2 Å². The molecule has 5 heterocycles. The summed E-state index contributed by atoms with van der Waals surface area (Å²) in [5.74, 6) is -2.77. The third kappa shape index (κ3) is 10.0. The average molecular weight is 751 g/mol. The van der Waals surface area contributed by atoms with Gasteiger partial charge in [0.15, 0.2) is 15.7 Å². The molecule has 0 saturated heterocycles. The number of aromatic amines is 1. The molecule has 18 heteroatoms. The number of esters is 1. The number of hydrogen-bond donors (Lipinski definition) is 5. The van der Waals surface area contributed by atoms with Crippen LogP contribution in [0.5, 0.6) is 0 Å². The van der Waals surface area contributed by atoms with Crippen molar-refractivity contribution < 1.29 is 28.7 Å². The summed E-state index contributed by atoms with van der Waals surface area (Å²) < 4.78 is 5.93. The molecule has 7 aromatic rings. The molecule has 0 atom stereocenters. The van der Waals surface area contributed by atoms with E-state index >= 15 is 0 Å². The topological polar surface area (TPSA) is 270 Å². The Bertz CT molecular complexity index is 2470. The van der Waals surface area contributed by atoms with Crippen LogP contribution in [0.25, 0.3) is 36.9 Å². The second kappa shape index (κ2) is 17.7. The second-order valence-electron chi connectivity index (χ2n) is 10.4. The first-order valence-corrected chi connectivity index (χ1v) is 16.9. The molecule has 0 unspecified atom stereocenters. The molecule has 16 nitrogen and oxygen atoms in total. The van der Waals surface area contributed by atoms with E-state index in [0.717, 1.165) is 32.2 Å². The Morgan fingerprint density at radius 3 is 2.06 bits per heavy atom. The number of fused-ring (bicyclic) bond motifs is 4. The van der Waals surface area contributed by atoms with Crippen molar-refractivity contribution in [1.29, 1.82) is 0 Å². The Hall–Kier alpha value is -7.10. The van der Waals surface area contributed by atoms with Crippen LogP contribution < -0.4 is 22.9 Å². The number of carbonyl (C=O) groups excluding carboxylic acids is 5. The molecule has 0 fully saturated rings. The van der Waals surface area contributed by atoms with Gasteiger partial charge in [-0.3, -0.25) is 24.2 Å². The first-order chi connectivity index (χ1) is 25.3.